The molecule has 0 radical (unpaired) electrons. The molecule has 0 amide bonds. The highest BCUT2D eigenvalue weighted by Crippen LogP contribution is 2.27. The lowest BCUT2D eigenvalue weighted by Gasteiger charge is -2.39. The molecule has 0 unspecified atom stereocenters. The first-order chi connectivity index (χ1) is 13.2. The van der Waals surface area contributed by atoms with Crippen LogP contribution in [0, 0.1) is 0 Å². The van der Waals surface area contributed by atoms with Crippen LogP contribution in [0.1, 0.15) is 34.1 Å². The minimum atomic E-state index is -0.944. The minimum Gasteiger partial charge on any atom is -0.463 e. The highest BCUT2D eigenvalue weighted by molar-refractivity contribution is 5.68. The topological polar surface area (TPSA) is 124 Å². The van der Waals surface area contributed by atoms with Crippen LogP contribution in [0.4, 0.5) is 0 Å². The van der Waals surface area contributed by atoms with E-state index in [2.05, 4.69) is 0 Å². The Labute approximate surface area is 163 Å². The van der Waals surface area contributed by atoms with Crippen molar-refractivity contribution in [1.82, 2.24) is 0 Å². The van der Waals surface area contributed by atoms with Crippen molar-refractivity contribution >= 4 is 23.9 Å². The summed E-state index contributed by atoms with van der Waals surface area (Å²) in [5.41, 5.74) is 0. The van der Waals surface area contributed by atoms with E-state index in [0.717, 1.165) is 0 Å². The Kier molecular flexibility index (Phi) is 10.2. The van der Waals surface area contributed by atoms with Gasteiger partial charge in [-0.15, -0.1) is 0 Å². The Hall–Kier alpha value is -2.46. The lowest BCUT2D eigenvalue weighted by Crippen LogP contribution is -2.54. The van der Waals surface area contributed by atoms with Crippen LogP contribution in [0.2, 0.25) is 0 Å². The van der Waals surface area contributed by atoms with E-state index in [1.807, 2.05) is 0 Å². The van der Waals surface area contributed by atoms with E-state index in [1.165, 1.54) is 27.7 Å². The summed E-state index contributed by atoms with van der Waals surface area (Å²) in [5.74, 6) is -2.08. The first-order valence-electron chi connectivity index (χ1n) is 8.72. The van der Waals surface area contributed by atoms with Gasteiger partial charge in [0.2, 0.25) is 0 Å². The van der Waals surface area contributed by atoms with Crippen LogP contribution in [0.25, 0.3) is 0 Å². The summed E-state index contributed by atoms with van der Waals surface area (Å²) in [5, 5.41) is 0. The van der Waals surface area contributed by atoms with Gasteiger partial charge in [0.1, 0.15) is 25.4 Å². The predicted octanol–water partition coefficient (Wildman–Crippen LogP) is 0.664. The third-order valence-electron chi connectivity index (χ3n) is 3.48. The van der Waals surface area contributed by atoms with Gasteiger partial charge in [0.15, 0.2) is 12.4 Å². The smallest absolute Gasteiger partial charge is 0.303 e. The number of hydrogen-bond acceptors (Lipinski definition) is 10. The molecule has 1 rings (SSSR count). The van der Waals surface area contributed by atoms with Crippen molar-refractivity contribution in [3.05, 3.63) is 12.2 Å². The third-order valence-corrected chi connectivity index (χ3v) is 3.48. The molecule has 1 aliphatic rings. The number of ether oxygens (including phenoxy) is 6. The molecule has 158 valence electrons. The van der Waals surface area contributed by atoms with E-state index in [0.29, 0.717) is 0 Å². The maximum Gasteiger partial charge on any atom is 0.303 e. The first kappa shape index (κ1) is 23.6. The molecule has 0 aromatic heterocycles. The first-order valence-corrected chi connectivity index (χ1v) is 8.72. The zero-order chi connectivity index (χ0) is 21.1. The van der Waals surface area contributed by atoms with Gasteiger partial charge in [0.05, 0.1) is 6.61 Å². The Morgan fingerprint density at radius 2 is 1.46 bits per heavy atom. The predicted molar refractivity (Wildman–Crippen MR) is 92.7 cm³/mol. The van der Waals surface area contributed by atoms with Gasteiger partial charge in [0, 0.05) is 34.1 Å². The Bertz CT molecular complexity index is 585. The maximum absolute atomic E-state index is 11.4. The average molecular weight is 402 g/mol. The van der Waals surface area contributed by atoms with Gasteiger partial charge in [0.25, 0.3) is 0 Å². The standard InChI is InChI=1S/C18H26O10/c1-11(19)23-7-5-6-8-24-17-9-15(26-13(3)21)18(27-14(4)22)16(28-17)10-25-12(2)20/h5-6,15-18H,7-10H2,1-4H3/b6-5-/t15-,16-,17-,18-/m1/s1. The van der Waals surface area contributed by atoms with Crippen LogP contribution in [-0.4, -0.2) is 68.3 Å². The number of rotatable bonds is 9. The van der Waals surface area contributed by atoms with Crippen LogP contribution >= 0.6 is 0 Å². The van der Waals surface area contributed by atoms with Crippen LogP contribution < -0.4 is 0 Å². The SMILES string of the molecule is CC(=O)OC/C=C\CO[C@H]1C[C@@H](OC(C)=O)[C@@H](OC(C)=O)[C@@H](COC(C)=O)O1. The maximum atomic E-state index is 11.4. The van der Waals surface area contributed by atoms with Crippen LogP contribution in [-0.2, 0) is 47.6 Å². The number of esters is 4. The molecule has 10 nitrogen and oxygen atoms in total. The molecule has 4 atom stereocenters. The van der Waals surface area contributed by atoms with Crippen molar-refractivity contribution in [2.45, 2.75) is 58.7 Å². The zero-order valence-electron chi connectivity index (χ0n) is 16.4. The lowest BCUT2D eigenvalue weighted by molar-refractivity contribution is -0.263. The van der Waals surface area contributed by atoms with Crippen molar-refractivity contribution < 1.29 is 47.6 Å². The number of hydrogen-bond donors (Lipinski definition) is 0. The quantitative estimate of drug-likeness (QED) is 0.309. The van der Waals surface area contributed by atoms with E-state index in [-0.39, 0.29) is 26.2 Å². The number of carbonyl (C=O) groups excluding carboxylic acids is 4. The second kappa shape index (κ2) is 12.1. The molecule has 1 fully saturated rings. The van der Waals surface area contributed by atoms with Crippen molar-refractivity contribution in [3.63, 3.8) is 0 Å². The summed E-state index contributed by atoms with van der Waals surface area (Å²) in [6.07, 6.45) is -0.0915. The molecule has 1 aliphatic heterocycles. The van der Waals surface area contributed by atoms with Crippen LogP contribution in [0.15, 0.2) is 12.2 Å². The van der Waals surface area contributed by atoms with Gasteiger partial charge in [-0.05, 0) is 6.08 Å². The van der Waals surface area contributed by atoms with Crippen molar-refractivity contribution in [2.75, 3.05) is 19.8 Å². The molecular weight excluding hydrogens is 376 g/mol. The molecular formula is C18H26O10. The van der Waals surface area contributed by atoms with E-state index >= 15 is 0 Å². The molecule has 0 aliphatic carbocycles. The highest BCUT2D eigenvalue weighted by atomic mass is 16.7. The van der Waals surface area contributed by atoms with E-state index in [9.17, 15) is 19.2 Å². The monoisotopic (exact) mass is 402 g/mol. The van der Waals surface area contributed by atoms with Crippen LogP contribution in [0.3, 0.4) is 0 Å². The van der Waals surface area contributed by atoms with Crippen molar-refractivity contribution in [3.8, 4) is 0 Å². The fourth-order valence-corrected chi connectivity index (χ4v) is 2.47. The summed E-state index contributed by atoms with van der Waals surface area (Å²) in [6, 6.07) is 0. The van der Waals surface area contributed by atoms with E-state index in [1.54, 1.807) is 12.2 Å². The van der Waals surface area contributed by atoms with E-state index < -0.39 is 48.5 Å². The second-order valence-corrected chi connectivity index (χ2v) is 5.97. The molecule has 1 heterocycles. The fraction of sp³-hybridized carbons (Fsp3) is 0.667. The lowest BCUT2D eigenvalue weighted by atomic mass is 10.0. The van der Waals surface area contributed by atoms with Crippen LogP contribution in [0.5, 0.6) is 0 Å². The summed E-state index contributed by atoms with van der Waals surface area (Å²) < 4.78 is 31.5. The summed E-state index contributed by atoms with van der Waals surface area (Å²) in [7, 11) is 0. The molecule has 0 aromatic rings. The molecule has 0 bridgehead atoms. The molecule has 0 spiro atoms. The molecule has 28 heavy (non-hydrogen) atoms. The Morgan fingerprint density at radius 1 is 0.857 bits per heavy atom. The highest BCUT2D eigenvalue weighted by Gasteiger charge is 2.44. The van der Waals surface area contributed by atoms with Gasteiger partial charge >= 0.3 is 23.9 Å². The molecule has 1 saturated heterocycles. The largest absolute Gasteiger partial charge is 0.463 e. The Balaban J connectivity index is 2.75. The van der Waals surface area contributed by atoms with E-state index in [4.69, 9.17) is 28.4 Å². The Morgan fingerprint density at radius 3 is 2.04 bits per heavy atom. The van der Waals surface area contributed by atoms with Gasteiger partial charge in [-0.2, -0.15) is 0 Å². The summed E-state index contributed by atoms with van der Waals surface area (Å²) in [4.78, 5) is 44.7. The molecule has 0 N–H and O–H groups in total. The fourth-order valence-electron chi connectivity index (χ4n) is 2.47. The molecule has 10 heteroatoms. The molecule has 0 saturated carbocycles. The van der Waals surface area contributed by atoms with Gasteiger partial charge in [-0.25, -0.2) is 0 Å². The van der Waals surface area contributed by atoms with Gasteiger partial charge in [-0.3, -0.25) is 19.2 Å². The van der Waals surface area contributed by atoms with Crippen molar-refractivity contribution in [2.24, 2.45) is 0 Å². The molecule has 0 aromatic carbocycles. The van der Waals surface area contributed by atoms with Crippen molar-refractivity contribution in [1.29, 1.82) is 0 Å². The number of carbonyl (C=O) groups is 4. The van der Waals surface area contributed by atoms with Gasteiger partial charge in [-0.1, -0.05) is 6.08 Å². The van der Waals surface area contributed by atoms with Gasteiger partial charge < -0.3 is 28.4 Å². The summed E-state index contributed by atoms with van der Waals surface area (Å²) >= 11 is 0. The normalized spacial score (nSPS) is 24.4. The summed E-state index contributed by atoms with van der Waals surface area (Å²) in [6.45, 7) is 5.03. The minimum absolute atomic E-state index is 0.115. The zero-order valence-corrected chi connectivity index (χ0v) is 16.4. The third kappa shape index (κ3) is 9.47. The average Bonchev–Trinajstić information content (AvgIpc) is 2.57. The second-order valence-electron chi connectivity index (χ2n) is 5.97.